The number of hydrogen-bond donors (Lipinski definition) is 1. The van der Waals surface area contributed by atoms with Crippen molar-refractivity contribution in [1.82, 2.24) is 9.62 Å². The second-order valence-corrected chi connectivity index (χ2v) is 10.9. The van der Waals surface area contributed by atoms with E-state index in [-0.39, 0.29) is 29.0 Å². The third-order valence-electron chi connectivity index (χ3n) is 3.99. The molecule has 2 amide bonds. The van der Waals surface area contributed by atoms with Crippen LogP contribution in [0, 0.1) is 5.82 Å². The third kappa shape index (κ3) is 4.37. The number of nitrogens with zero attached hydrogens (tertiary/aromatic N) is 2. The molecule has 2 aromatic rings. The summed E-state index contributed by atoms with van der Waals surface area (Å²) in [5, 5.41) is 2.65. The number of thioether (sulfide) groups is 1. The maximum atomic E-state index is 13.2. The molecule has 0 saturated heterocycles. The summed E-state index contributed by atoms with van der Waals surface area (Å²) in [5.41, 5.74) is 1.03. The Morgan fingerprint density at radius 2 is 2.07 bits per heavy atom. The number of halogens is 1. The maximum absolute atomic E-state index is 13.2. The molecule has 11 heteroatoms. The SMILES string of the molecule is CN(C)S(=O)(=O)c1cc2c(s1)SCC(=O)N2CC(=O)NCc1cccc(F)c1. The number of rotatable bonds is 6. The molecule has 1 N–H and O–H groups in total. The number of sulfonamides is 1. The van der Waals surface area contributed by atoms with Crippen molar-refractivity contribution < 1.29 is 22.4 Å². The van der Waals surface area contributed by atoms with E-state index in [1.165, 1.54) is 49.0 Å². The normalized spacial score (nSPS) is 14.3. The van der Waals surface area contributed by atoms with Gasteiger partial charge >= 0.3 is 0 Å². The lowest BCUT2D eigenvalue weighted by atomic mass is 10.2. The van der Waals surface area contributed by atoms with Gasteiger partial charge in [0.2, 0.25) is 11.8 Å². The highest BCUT2D eigenvalue weighted by Gasteiger charge is 2.32. The van der Waals surface area contributed by atoms with Gasteiger partial charge in [-0.2, -0.15) is 0 Å². The number of hydrogen-bond acceptors (Lipinski definition) is 6. The van der Waals surface area contributed by atoms with Crippen LogP contribution in [-0.4, -0.2) is 50.9 Å². The second-order valence-electron chi connectivity index (χ2n) is 6.20. The number of carbonyl (C=O) groups is 2. The standard InChI is InChI=1S/C17H18FN3O4S3/c1-20(2)28(24,25)16-7-13-17(27-16)26-10-15(23)21(13)9-14(22)19-8-11-4-3-5-12(18)6-11/h3-7H,8-10H2,1-2H3,(H,19,22). The molecule has 7 nitrogen and oxygen atoms in total. The highest BCUT2D eigenvalue weighted by molar-refractivity contribution is 8.02. The Balaban J connectivity index is 1.75. The van der Waals surface area contributed by atoms with E-state index in [0.29, 0.717) is 15.5 Å². The van der Waals surface area contributed by atoms with Crippen molar-refractivity contribution in [3.63, 3.8) is 0 Å². The predicted molar refractivity (Wildman–Crippen MR) is 107 cm³/mol. The molecule has 0 spiro atoms. The minimum atomic E-state index is -3.63. The molecule has 0 fully saturated rings. The summed E-state index contributed by atoms with van der Waals surface area (Å²) in [6.45, 7) is -0.107. The first-order chi connectivity index (χ1) is 13.2. The van der Waals surface area contributed by atoms with Crippen molar-refractivity contribution in [3.8, 4) is 0 Å². The number of nitrogens with one attached hydrogen (secondary N) is 1. The Labute approximate surface area is 170 Å². The van der Waals surface area contributed by atoms with Crippen molar-refractivity contribution >= 4 is 50.6 Å². The monoisotopic (exact) mass is 443 g/mol. The lowest BCUT2D eigenvalue weighted by Gasteiger charge is -2.25. The van der Waals surface area contributed by atoms with Crippen LogP contribution in [0.2, 0.25) is 0 Å². The average Bonchev–Trinajstić information content (AvgIpc) is 3.08. The van der Waals surface area contributed by atoms with Crippen molar-refractivity contribution in [2.24, 2.45) is 0 Å². The summed E-state index contributed by atoms with van der Waals surface area (Å²) in [6.07, 6.45) is 0. The number of carbonyl (C=O) groups excluding carboxylic acids is 2. The number of amides is 2. The molecule has 0 bridgehead atoms. The van der Waals surface area contributed by atoms with Crippen LogP contribution in [-0.2, 0) is 26.2 Å². The first kappa shape index (κ1) is 20.8. The van der Waals surface area contributed by atoms with E-state index in [1.807, 2.05) is 0 Å². The van der Waals surface area contributed by atoms with Crippen molar-refractivity contribution in [2.75, 3.05) is 31.3 Å². The van der Waals surface area contributed by atoms with Gasteiger partial charge in [0.05, 0.1) is 15.6 Å². The Morgan fingerprint density at radius 3 is 2.75 bits per heavy atom. The lowest BCUT2D eigenvalue weighted by Crippen LogP contribution is -2.42. The Morgan fingerprint density at radius 1 is 1.32 bits per heavy atom. The van der Waals surface area contributed by atoms with Gasteiger partial charge in [0.25, 0.3) is 10.0 Å². The average molecular weight is 444 g/mol. The van der Waals surface area contributed by atoms with E-state index in [9.17, 15) is 22.4 Å². The predicted octanol–water partition coefficient (Wildman–Crippen LogP) is 1.89. The molecule has 3 rings (SSSR count). The Kier molecular flexibility index (Phi) is 6.08. The zero-order valence-electron chi connectivity index (χ0n) is 15.1. The van der Waals surface area contributed by atoms with E-state index in [4.69, 9.17) is 0 Å². The summed E-state index contributed by atoms with van der Waals surface area (Å²) < 4.78 is 39.8. The van der Waals surface area contributed by atoms with Gasteiger partial charge in [0.15, 0.2) is 0 Å². The van der Waals surface area contributed by atoms with Gasteiger partial charge in [-0.3, -0.25) is 9.59 Å². The van der Waals surface area contributed by atoms with E-state index in [1.54, 1.807) is 12.1 Å². The molecule has 2 heterocycles. The van der Waals surface area contributed by atoms with Crippen LogP contribution in [0.5, 0.6) is 0 Å². The van der Waals surface area contributed by atoms with Crippen LogP contribution in [0.1, 0.15) is 5.56 Å². The molecule has 0 aliphatic carbocycles. The van der Waals surface area contributed by atoms with Crippen LogP contribution in [0.25, 0.3) is 0 Å². The number of anilines is 1. The first-order valence-electron chi connectivity index (χ1n) is 8.19. The van der Waals surface area contributed by atoms with E-state index >= 15 is 0 Å². The van der Waals surface area contributed by atoms with Crippen LogP contribution in [0.15, 0.2) is 38.8 Å². The van der Waals surface area contributed by atoms with Crippen LogP contribution in [0.3, 0.4) is 0 Å². The number of thiophene rings is 1. The molecular weight excluding hydrogens is 425 g/mol. The molecule has 1 aromatic carbocycles. The van der Waals surface area contributed by atoms with Gasteiger partial charge in [-0.15, -0.1) is 23.1 Å². The van der Waals surface area contributed by atoms with Crippen LogP contribution >= 0.6 is 23.1 Å². The van der Waals surface area contributed by atoms with Crippen molar-refractivity contribution in [3.05, 3.63) is 41.7 Å². The zero-order chi connectivity index (χ0) is 20.5. The van der Waals surface area contributed by atoms with Gasteiger partial charge in [-0.1, -0.05) is 12.1 Å². The van der Waals surface area contributed by atoms with E-state index in [0.717, 1.165) is 15.6 Å². The second kappa shape index (κ2) is 8.19. The summed E-state index contributed by atoms with van der Waals surface area (Å²) in [7, 11) is -0.757. The fourth-order valence-corrected chi connectivity index (χ4v) is 6.44. The Bertz CT molecular complexity index is 1020. The van der Waals surface area contributed by atoms with Crippen molar-refractivity contribution in [2.45, 2.75) is 15.0 Å². The Hall–Kier alpha value is -1.95. The fourth-order valence-electron chi connectivity index (χ4n) is 2.50. The fraction of sp³-hybridized carbons (Fsp3) is 0.294. The molecule has 0 radical (unpaired) electrons. The maximum Gasteiger partial charge on any atom is 0.252 e. The third-order valence-corrected chi connectivity index (χ3v) is 8.64. The molecule has 1 aliphatic rings. The molecule has 0 unspecified atom stereocenters. The van der Waals surface area contributed by atoms with E-state index in [2.05, 4.69) is 5.32 Å². The lowest BCUT2D eigenvalue weighted by molar-refractivity contribution is -0.123. The van der Waals surface area contributed by atoms with Gasteiger partial charge in [0, 0.05) is 20.6 Å². The number of fused-ring (bicyclic) bond motifs is 1. The van der Waals surface area contributed by atoms with Gasteiger partial charge in [0.1, 0.15) is 16.6 Å². The highest BCUT2D eigenvalue weighted by Crippen LogP contribution is 2.43. The summed E-state index contributed by atoms with van der Waals surface area (Å²) in [6, 6.07) is 7.29. The topological polar surface area (TPSA) is 86.8 Å². The van der Waals surface area contributed by atoms with Gasteiger partial charge < -0.3 is 10.2 Å². The molecular formula is C17H18FN3O4S3. The van der Waals surface area contributed by atoms with Crippen molar-refractivity contribution in [1.29, 1.82) is 0 Å². The summed E-state index contributed by atoms with van der Waals surface area (Å²) in [5.74, 6) is -0.956. The molecule has 150 valence electrons. The molecule has 1 aromatic heterocycles. The molecule has 0 saturated carbocycles. The van der Waals surface area contributed by atoms with Crippen LogP contribution in [0.4, 0.5) is 10.1 Å². The first-order valence-corrected chi connectivity index (χ1v) is 11.4. The smallest absolute Gasteiger partial charge is 0.252 e. The minimum absolute atomic E-state index is 0.120. The highest BCUT2D eigenvalue weighted by atomic mass is 32.3. The quantitative estimate of drug-likeness (QED) is 0.737. The molecule has 28 heavy (non-hydrogen) atoms. The zero-order valence-corrected chi connectivity index (χ0v) is 17.6. The largest absolute Gasteiger partial charge is 0.350 e. The molecule has 1 aliphatic heterocycles. The summed E-state index contributed by atoms with van der Waals surface area (Å²) >= 11 is 2.34. The van der Waals surface area contributed by atoms with Gasteiger partial charge in [-0.25, -0.2) is 17.1 Å². The van der Waals surface area contributed by atoms with Crippen LogP contribution < -0.4 is 10.2 Å². The van der Waals surface area contributed by atoms with Gasteiger partial charge in [-0.05, 0) is 23.8 Å². The minimum Gasteiger partial charge on any atom is -0.350 e. The summed E-state index contributed by atoms with van der Waals surface area (Å²) in [4.78, 5) is 25.9. The molecule has 0 atom stereocenters. The number of benzene rings is 1. The van der Waals surface area contributed by atoms with E-state index < -0.39 is 21.7 Å².